The lowest BCUT2D eigenvalue weighted by Crippen LogP contribution is -2.12. The van der Waals surface area contributed by atoms with Gasteiger partial charge in [0.1, 0.15) is 4.21 Å². The predicted octanol–water partition coefficient (Wildman–Crippen LogP) is 2.95. The number of primary sulfonamides is 1. The predicted molar refractivity (Wildman–Crippen MR) is 74.7 cm³/mol. The minimum Gasteiger partial charge on any atom is -0.224 e. The van der Waals surface area contributed by atoms with Gasteiger partial charge in [-0.3, -0.25) is 0 Å². The third-order valence-corrected chi connectivity index (χ3v) is 5.19. The van der Waals surface area contributed by atoms with Gasteiger partial charge in [-0.15, -0.1) is 11.3 Å². The van der Waals surface area contributed by atoms with Gasteiger partial charge in [-0.05, 0) is 53.6 Å². The molecule has 0 radical (unpaired) electrons. The fourth-order valence-corrected chi connectivity index (χ4v) is 4.01. The maximum Gasteiger partial charge on any atom is 0.247 e. The van der Waals surface area contributed by atoms with Gasteiger partial charge in [0.25, 0.3) is 0 Å². The summed E-state index contributed by atoms with van der Waals surface area (Å²) in [5, 5.41) is 7.55. The van der Waals surface area contributed by atoms with Gasteiger partial charge < -0.3 is 0 Å². The zero-order chi connectivity index (χ0) is 13.3. The first-order valence-electron chi connectivity index (χ1n) is 5.21. The Kier molecular flexibility index (Phi) is 3.77. The molecule has 3 nitrogen and oxygen atoms in total. The maximum atomic E-state index is 11.4. The molecule has 1 heterocycles. The van der Waals surface area contributed by atoms with E-state index in [4.69, 9.17) is 16.7 Å². The fraction of sp³-hybridized carbons (Fsp3) is 0.167. The lowest BCUT2D eigenvalue weighted by molar-refractivity contribution is 0.599. The number of benzene rings is 1. The standard InChI is InChI=1S/C12H12ClNO2S2/c1-8-4-9(7-11(13)5-8)6-10-2-3-17-12(10)18(14,15)16/h2-5,7H,6H2,1H3,(H2,14,15,16). The van der Waals surface area contributed by atoms with Gasteiger partial charge in [0.15, 0.2) is 0 Å². The van der Waals surface area contributed by atoms with E-state index in [1.807, 2.05) is 25.1 Å². The van der Waals surface area contributed by atoms with Gasteiger partial charge in [0.05, 0.1) is 0 Å². The average Bonchev–Trinajstić information content (AvgIpc) is 2.63. The summed E-state index contributed by atoms with van der Waals surface area (Å²) in [6.07, 6.45) is 0.511. The SMILES string of the molecule is Cc1cc(Cl)cc(Cc2ccsc2S(N)(=O)=O)c1. The van der Waals surface area contributed by atoms with Crippen LogP contribution in [-0.2, 0) is 16.4 Å². The molecule has 0 bridgehead atoms. The van der Waals surface area contributed by atoms with Crippen molar-refractivity contribution in [2.24, 2.45) is 5.14 Å². The summed E-state index contributed by atoms with van der Waals surface area (Å²) in [6, 6.07) is 7.45. The van der Waals surface area contributed by atoms with E-state index in [1.165, 1.54) is 0 Å². The number of hydrogen-bond donors (Lipinski definition) is 1. The normalized spacial score (nSPS) is 11.7. The largest absolute Gasteiger partial charge is 0.247 e. The number of hydrogen-bond acceptors (Lipinski definition) is 3. The molecule has 2 rings (SSSR count). The van der Waals surface area contributed by atoms with Crippen LogP contribution in [0, 0.1) is 6.92 Å². The van der Waals surface area contributed by atoms with Gasteiger partial charge in [-0.25, -0.2) is 13.6 Å². The van der Waals surface area contributed by atoms with E-state index in [-0.39, 0.29) is 4.21 Å². The monoisotopic (exact) mass is 301 g/mol. The summed E-state index contributed by atoms with van der Waals surface area (Å²) < 4.78 is 23.0. The molecule has 0 atom stereocenters. The third kappa shape index (κ3) is 3.11. The minimum atomic E-state index is -3.64. The van der Waals surface area contributed by atoms with Crippen LogP contribution in [0.4, 0.5) is 0 Å². The van der Waals surface area contributed by atoms with Crippen LogP contribution in [0.2, 0.25) is 5.02 Å². The van der Waals surface area contributed by atoms with Crippen LogP contribution in [0.3, 0.4) is 0 Å². The van der Waals surface area contributed by atoms with Crippen molar-refractivity contribution in [3.63, 3.8) is 0 Å². The fourth-order valence-electron chi connectivity index (χ4n) is 1.84. The van der Waals surface area contributed by atoms with E-state index in [1.54, 1.807) is 11.4 Å². The number of aryl methyl sites for hydroxylation is 1. The van der Waals surface area contributed by atoms with Gasteiger partial charge in [-0.1, -0.05) is 17.7 Å². The molecule has 0 aliphatic rings. The van der Waals surface area contributed by atoms with E-state index in [0.717, 1.165) is 22.5 Å². The first kappa shape index (κ1) is 13.5. The lowest BCUT2D eigenvalue weighted by Gasteiger charge is -2.05. The van der Waals surface area contributed by atoms with Crippen molar-refractivity contribution in [3.05, 3.63) is 51.4 Å². The second-order valence-electron chi connectivity index (χ2n) is 4.09. The van der Waals surface area contributed by atoms with Crippen molar-refractivity contribution in [2.45, 2.75) is 17.6 Å². The van der Waals surface area contributed by atoms with Crippen LogP contribution in [0.5, 0.6) is 0 Å². The highest BCUT2D eigenvalue weighted by Gasteiger charge is 2.15. The quantitative estimate of drug-likeness (QED) is 0.947. The van der Waals surface area contributed by atoms with E-state index in [9.17, 15) is 8.42 Å². The van der Waals surface area contributed by atoms with Crippen LogP contribution in [-0.4, -0.2) is 8.42 Å². The number of sulfonamides is 1. The first-order valence-corrected chi connectivity index (χ1v) is 8.02. The second kappa shape index (κ2) is 5.01. The van der Waals surface area contributed by atoms with Gasteiger partial charge in [0.2, 0.25) is 10.0 Å². The molecular weight excluding hydrogens is 290 g/mol. The van der Waals surface area contributed by atoms with E-state index >= 15 is 0 Å². The van der Waals surface area contributed by atoms with E-state index < -0.39 is 10.0 Å². The van der Waals surface area contributed by atoms with Gasteiger partial charge in [-0.2, -0.15) is 0 Å². The molecule has 2 N–H and O–H groups in total. The van der Waals surface area contributed by atoms with Crippen LogP contribution in [0.25, 0.3) is 0 Å². The maximum absolute atomic E-state index is 11.4. The molecule has 96 valence electrons. The molecule has 6 heteroatoms. The molecule has 0 aliphatic heterocycles. The zero-order valence-electron chi connectivity index (χ0n) is 9.68. The Morgan fingerprint density at radius 2 is 2.06 bits per heavy atom. The van der Waals surface area contributed by atoms with E-state index in [0.29, 0.717) is 17.0 Å². The van der Waals surface area contributed by atoms with Crippen LogP contribution >= 0.6 is 22.9 Å². The highest BCUT2D eigenvalue weighted by atomic mass is 35.5. The number of halogens is 1. The Bertz CT molecular complexity index is 657. The molecule has 0 spiro atoms. The Labute approximate surface area is 115 Å². The van der Waals surface area contributed by atoms with Crippen molar-refractivity contribution in [3.8, 4) is 0 Å². The molecule has 1 aromatic heterocycles. The van der Waals surface area contributed by atoms with Gasteiger partial charge in [0, 0.05) is 5.02 Å². The summed E-state index contributed by atoms with van der Waals surface area (Å²) in [6.45, 7) is 1.95. The Morgan fingerprint density at radius 3 is 2.67 bits per heavy atom. The number of thiophene rings is 1. The molecule has 0 aliphatic carbocycles. The molecule has 0 saturated heterocycles. The molecule has 18 heavy (non-hydrogen) atoms. The molecule has 0 saturated carbocycles. The smallest absolute Gasteiger partial charge is 0.224 e. The summed E-state index contributed by atoms with van der Waals surface area (Å²) in [5.74, 6) is 0. The molecular formula is C12H12ClNO2S2. The second-order valence-corrected chi connectivity index (χ2v) is 7.20. The van der Waals surface area contributed by atoms with Crippen LogP contribution < -0.4 is 5.14 Å². The molecule has 0 fully saturated rings. The molecule has 2 aromatic rings. The Balaban J connectivity index is 2.38. The van der Waals surface area contributed by atoms with Crippen molar-refractivity contribution >= 4 is 33.0 Å². The summed E-state index contributed by atoms with van der Waals surface area (Å²) >= 11 is 7.12. The first-order chi connectivity index (χ1) is 8.36. The molecule has 0 amide bonds. The average molecular weight is 302 g/mol. The van der Waals surface area contributed by atoms with Crippen LogP contribution in [0.15, 0.2) is 33.9 Å². The van der Waals surface area contributed by atoms with Crippen molar-refractivity contribution < 1.29 is 8.42 Å². The molecule has 1 aromatic carbocycles. The highest BCUT2D eigenvalue weighted by molar-refractivity contribution is 7.91. The van der Waals surface area contributed by atoms with E-state index in [2.05, 4.69) is 0 Å². The summed E-state index contributed by atoms with van der Waals surface area (Å²) in [7, 11) is -3.64. The third-order valence-electron chi connectivity index (χ3n) is 2.46. The lowest BCUT2D eigenvalue weighted by atomic mass is 10.1. The number of rotatable bonds is 3. The van der Waals surface area contributed by atoms with Crippen LogP contribution in [0.1, 0.15) is 16.7 Å². The highest BCUT2D eigenvalue weighted by Crippen LogP contribution is 2.25. The topological polar surface area (TPSA) is 60.2 Å². The summed E-state index contributed by atoms with van der Waals surface area (Å²) in [4.78, 5) is 0. The van der Waals surface area contributed by atoms with Crippen molar-refractivity contribution in [1.82, 2.24) is 0 Å². The minimum absolute atomic E-state index is 0.222. The zero-order valence-corrected chi connectivity index (χ0v) is 12.1. The Hall–Kier alpha value is -0.880. The number of nitrogens with two attached hydrogens (primary N) is 1. The van der Waals surface area contributed by atoms with Crippen molar-refractivity contribution in [1.29, 1.82) is 0 Å². The van der Waals surface area contributed by atoms with Crippen molar-refractivity contribution in [2.75, 3.05) is 0 Å². The Morgan fingerprint density at radius 1 is 1.33 bits per heavy atom. The van der Waals surface area contributed by atoms with Gasteiger partial charge >= 0.3 is 0 Å². The molecule has 0 unspecified atom stereocenters. The summed E-state index contributed by atoms with van der Waals surface area (Å²) in [5.41, 5.74) is 2.73.